The van der Waals surface area contributed by atoms with Crippen LogP contribution in [0.15, 0.2) is 17.0 Å². The van der Waals surface area contributed by atoms with Crippen molar-refractivity contribution in [2.45, 2.75) is 37.1 Å². The summed E-state index contributed by atoms with van der Waals surface area (Å²) in [4.78, 5) is 12.0. The normalized spacial score (nSPS) is 22.3. The first-order chi connectivity index (χ1) is 9.68. The van der Waals surface area contributed by atoms with Crippen LogP contribution < -0.4 is 10.5 Å². The molecule has 0 saturated heterocycles. The van der Waals surface area contributed by atoms with Gasteiger partial charge in [-0.05, 0) is 37.3 Å². The number of hydrogen-bond acceptors (Lipinski definition) is 3. The molecule has 0 aliphatic heterocycles. The number of rotatable bonds is 3. The smallest absolute Gasteiger partial charge is 0.253 e. The highest BCUT2D eigenvalue weighted by molar-refractivity contribution is 7.89. The van der Waals surface area contributed by atoms with E-state index >= 15 is 0 Å². The number of nitrogens with one attached hydrogen (secondary N) is 1. The van der Waals surface area contributed by atoms with Crippen molar-refractivity contribution in [2.24, 2.45) is 11.1 Å². The lowest BCUT2D eigenvalue weighted by Gasteiger charge is -2.14. The number of carbonyl (C=O) groups is 1. The van der Waals surface area contributed by atoms with Gasteiger partial charge in [-0.25, -0.2) is 13.6 Å². The van der Waals surface area contributed by atoms with Crippen molar-refractivity contribution in [2.75, 3.05) is 0 Å². The molecule has 21 heavy (non-hydrogen) atoms. The van der Waals surface area contributed by atoms with Crippen molar-refractivity contribution >= 4 is 39.1 Å². The SMILES string of the molecule is CC1CCC(NC(=O)c2cc(S(N)(=O)=O)cc(Cl)c2Cl)C1. The van der Waals surface area contributed by atoms with Crippen molar-refractivity contribution in [1.82, 2.24) is 5.32 Å². The summed E-state index contributed by atoms with van der Waals surface area (Å²) < 4.78 is 22.8. The third-order valence-electron chi connectivity index (χ3n) is 3.60. The van der Waals surface area contributed by atoms with Crippen LogP contribution in [0.2, 0.25) is 10.0 Å². The number of amides is 1. The molecule has 0 heterocycles. The molecule has 1 fully saturated rings. The van der Waals surface area contributed by atoms with Gasteiger partial charge in [-0.3, -0.25) is 4.79 Å². The molecule has 0 aromatic heterocycles. The summed E-state index contributed by atoms with van der Waals surface area (Å²) in [6, 6.07) is 2.35. The van der Waals surface area contributed by atoms with E-state index in [1.54, 1.807) is 0 Å². The van der Waals surface area contributed by atoms with Crippen LogP contribution in [0.1, 0.15) is 36.5 Å². The lowest BCUT2D eigenvalue weighted by molar-refractivity contribution is 0.0937. The van der Waals surface area contributed by atoms with Crippen LogP contribution in [0.4, 0.5) is 0 Å². The summed E-state index contributed by atoms with van der Waals surface area (Å²) in [7, 11) is -3.96. The Hall–Kier alpha value is -0.820. The third-order valence-corrected chi connectivity index (χ3v) is 5.30. The molecule has 5 nitrogen and oxygen atoms in total. The van der Waals surface area contributed by atoms with Crippen molar-refractivity contribution in [3.63, 3.8) is 0 Å². The van der Waals surface area contributed by atoms with E-state index in [9.17, 15) is 13.2 Å². The zero-order valence-corrected chi connectivity index (χ0v) is 13.7. The minimum Gasteiger partial charge on any atom is -0.349 e. The Morgan fingerprint density at radius 2 is 2.00 bits per heavy atom. The van der Waals surface area contributed by atoms with Crippen LogP contribution >= 0.6 is 23.2 Å². The Kier molecular flexibility index (Phi) is 4.82. The van der Waals surface area contributed by atoms with E-state index in [4.69, 9.17) is 28.3 Å². The molecule has 1 amide bonds. The van der Waals surface area contributed by atoms with E-state index in [2.05, 4.69) is 12.2 Å². The molecule has 2 unspecified atom stereocenters. The van der Waals surface area contributed by atoms with Crippen LogP contribution in [0, 0.1) is 5.92 Å². The molecule has 1 aliphatic carbocycles. The second-order valence-electron chi connectivity index (χ2n) is 5.40. The second kappa shape index (κ2) is 6.12. The van der Waals surface area contributed by atoms with Crippen LogP contribution in [0.25, 0.3) is 0 Å². The predicted octanol–water partition coefficient (Wildman–Crippen LogP) is 2.56. The van der Waals surface area contributed by atoms with Crippen molar-refractivity contribution < 1.29 is 13.2 Å². The Morgan fingerprint density at radius 1 is 1.33 bits per heavy atom. The summed E-state index contributed by atoms with van der Waals surface area (Å²) in [6.45, 7) is 2.12. The summed E-state index contributed by atoms with van der Waals surface area (Å²) in [5.41, 5.74) is 0.0211. The molecule has 8 heteroatoms. The van der Waals surface area contributed by atoms with Crippen molar-refractivity contribution in [1.29, 1.82) is 0 Å². The van der Waals surface area contributed by atoms with Gasteiger partial charge in [0.25, 0.3) is 5.91 Å². The zero-order valence-electron chi connectivity index (χ0n) is 11.4. The molecule has 0 bridgehead atoms. The quantitative estimate of drug-likeness (QED) is 0.877. The van der Waals surface area contributed by atoms with E-state index in [0.29, 0.717) is 5.92 Å². The monoisotopic (exact) mass is 350 g/mol. The van der Waals surface area contributed by atoms with Gasteiger partial charge in [0.2, 0.25) is 10.0 Å². The Bertz CT molecular complexity index is 676. The van der Waals surface area contributed by atoms with Gasteiger partial charge in [-0.2, -0.15) is 0 Å². The van der Waals surface area contributed by atoms with E-state index in [0.717, 1.165) is 31.4 Å². The van der Waals surface area contributed by atoms with Gasteiger partial charge in [-0.1, -0.05) is 30.1 Å². The van der Waals surface area contributed by atoms with Gasteiger partial charge >= 0.3 is 0 Å². The summed E-state index contributed by atoms with van der Waals surface area (Å²) in [5.74, 6) is 0.122. The van der Waals surface area contributed by atoms with Crippen molar-refractivity contribution in [3.05, 3.63) is 27.7 Å². The average molecular weight is 351 g/mol. The van der Waals surface area contributed by atoms with Crippen LogP contribution in [0.3, 0.4) is 0 Å². The van der Waals surface area contributed by atoms with E-state index in [1.165, 1.54) is 0 Å². The molecule has 3 N–H and O–H groups in total. The van der Waals surface area contributed by atoms with E-state index < -0.39 is 15.9 Å². The third kappa shape index (κ3) is 3.88. The summed E-state index contributed by atoms with van der Waals surface area (Å²) >= 11 is 11.9. The number of halogens is 2. The van der Waals surface area contributed by atoms with Gasteiger partial charge in [0.05, 0.1) is 20.5 Å². The second-order valence-corrected chi connectivity index (χ2v) is 7.75. The highest BCUT2D eigenvalue weighted by Crippen LogP contribution is 2.30. The standard InChI is InChI=1S/C13H16Cl2N2O3S/c1-7-2-3-8(4-7)17-13(18)10-5-9(21(16,19)20)6-11(14)12(10)15/h5-8H,2-4H2,1H3,(H,17,18)(H2,16,19,20). The van der Waals surface area contributed by atoms with Crippen LogP contribution in [-0.4, -0.2) is 20.4 Å². The molecule has 0 spiro atoms. The van der Waals surface area contributed by atoms with E-state index in [-0.39, 0.29) is 26.5 Å². The zero-order chi connectivity index (χ0) is 15.8. The van der Waals surface area contributed by atoms with Gasteiger partial charge in [0.1, 0.15) is 0 Å². The minimum absolute atomic E-state index is 0.0202. The fraction of sp³-hybridized carbons (Fsp3) is 0.462. The number of carbonyl (C=O) groups excluding carboxylic acids is 1. The maximum atomic E-state index is 12.3. The fourth-order valence-corrected chi connectivity index (χ4v) is 3.54. The molecule has 1 aromatic carbocycles. The molecule has 0 radical (unpaired) electrons. The molecular weight excluding hydrogens is 335 g/mol. The number of nitrogens with two attached hydrogens (primary N) is 1. The Balaban J connectivity index is 2.30. The maximum Gasteiger partial charge on any atom is 0.253 e. The molecule has 1 aliphatic rings. The van der Waals surface area contributed by atoms with Gasteiger partial charge in [0.15, 0.2) is 0 Å². The Morgan fingerprint density at radius 3 is 2.52 bits per heavy atom. The average Bonchev–Trinajstić information content (AvgIpc) is 2.76. The van der Waals surface area contributed by atoms with Gasteiger partial charge < -0.3 is 5.32 Å². The molecule has 2 rings (SSSR count). The molecule has 2 atom stereocenters. The van der Waals surface area contributed by atoms with Crippen LogP contribution in [0.5, 0.6) is 0 Å². The predicted molar refractivity (Wildman–Crippen MR) is 82.1 cm³/mol. The van der Waals surface area contributed by atoms with Gasteiger partial charge in [0, 0.05) is 6.04 Å². The Labute approximate surface area is 133 Å². The summed E-state index contributed by atoms with van der Waals surface area (Å²) in [5, 5.41) is 7.92. The number of hydrogen-bond donors (Lipinski definition) is 2. The number of primary sulfonamides is 1. The molecular formula is C13H16Cl2N2O3S. The number of sulfonamides is 1. The molecule has 116 valence electrons. The largest absolute Gasteiger partial charge is 0.349 e. The van der Waals surface area contributed by atoms with Gasteiger partial charge in [-0.15, -0.1) is 0 Å². The molecule has 1 saturated carbocycles. The minimum atomic E-state index is -3.96. The maximum absolute atomic E-state index is 12.3. The first-order valence-corrected chi connectivity index (χ1v) is 8.81. The topological polar surface area (TPSA) is 89.3 Å². The fourth-order valence-electron chi connectivity index (χ4n) is 2.50. The lowest BCUT2D eigenvalue weighted by atomic mass is 10.1. The first kappa shape index (κ1) is 16.5. The number of benzene rings is 1. The van der Waals surface area contributed by atoms with Crippen molar-refractivity contribution in [3.8, 4) is 0 Å². The van der Waals surface area contributed by atoms with Crippen LogP contribution in [-0.2, 0) is 10.0 Å². The molecule has 1 aromatic rings. The highest BCUT2D eigenvalue weighted by atomic mass is 35.5. The summed E-state index contributed by atoms with van der Waals surface area (Å²) in [6.07, 6.45) is 2.84. The lowest BCUT2D eigenvalue weighted by Crippen LogP contribution is -2.33. The first-order valence-electron chi connectivity index (χ1n) is 6.51. The highest BCUT2D eigenvalue weighted by Gasteiger charge is 2.25. The van der Waals surface area contributed by atoms with E-state index in [1.807, 2.05) is 0 Å².